The monoisotopic (exact) mass is 443 g/mol. The molecule has 29 heavy (non-hydrogen) atoms. The van der Waals surface area contributed by atoms with Crippen LogP contribution in [0.25, 0.3) is 11.1 Å². The van der Waals surface area contributed by atoms with Gasteiger partial charge < -0.3 is 4.57 Å². The molecule has 0 bridgehead atoms. The third kappa shape index (κ3) is 4.90. The summed E-state index contributed by atoms with van der Waals surface area (Å²) in [5.41, 5.74) is 2.01. The number of carbonyl (C=O) groups excluding carboxylic acids is 1. The summed E-state index contributed by atoms with van der Waals surface area (Å²) in [6.45, 7) is 1.08. The van der Waals surface area contributed by atoms with Crippen LogP contribution in [0.3, 0.4) is 0 Å². The number of sulfonamides is 1. The van der Waals surface area contributed by atoms with Gasteiger partial charge in [0, 0.05) is 25.1 Å². The van der Waals surface area contributed by atoms with Gasteiger partial charge in [-0.3, -0.25) is 14.8 Å². The zero-order valence-corrected chi connectivity index (χ0v) is 17.3. The van der Waals surface area contributed by atoms with Gasteiger partial charge in [0.2, 0.25) is 10.0 Å². The molecule has 0 saturated carbocycles. The maximum absolute atomic E-state index is 12.4. The second-order valence-corrected chi connectivity index (χ2v) is 10.7. The number of nitrogens with zero attached hydrogens (tertiary/aromatic N) is 1. The van der Waals surface area contributed by atoms with Crippen molar-refractivity contribution in [1.29, 1.82) is 0 Å². The number of nitrogens with two attached hydrogens (primary N) is 1. The van der Waals surface area contributed by atoms with Crippen molar-refractivity contribution >= 4 is 25.8 Å². The third-order valence-corrected chi connectivity index (χ3v) is 7.70. The number of amides is 1. The zero-order valence-electron chi connectivity index (χ0n) is 15.7. The van der Waals surface area contributed by atoms with Crippen molar-refractivity contribution < 1.29 is 26.8 Å². The van der Waals surface area contributed by atoms with Crippen molar-refractivity contribution in [1.82, 2.24) is 10.0 Å². The van der Waals surface area contributed by atoms with Crippen molar-refractivity contribution in [3.05, 3.63) is 52.9 Å². The highest BCUT2D eigenvalue weighted by Gasteiger charge is 2.43. The first-order chi connectivity index (χ1) is 13.3. The summed E-state index contributed by atoms with van der Waals surface area (Å²) in [5.74, 6) is -1.08. The molecule has 0 saturated heterocycles. The van der Waals surface area contributed by atoms with E-state index in [1.54, 1.807) is 6.07 Å². The van der Waals surface area contributed by atoms with E-state index in [4.69, 9.17) is 10.3 Å². The fourth-order valence-corrected chi connectivity index (χ4v) is 3.99. The molecule has 158 valence electrons. The van der Waals surface area contributed by atoms with Gasteiger partial charge in [0.1, 0.15) is 0 Å². The van der Waals surface area contributed by atoms with E-state index in [9.17, 15) is 26.4 Å². The first-order valence-electron chi connectivity index (χ1n) is 8.27. The first kappa shape index (κ1) is 22.7. The summed E-state index contributed by atoms with van der Waals surface area (Å²) < 4.78 is 45.9. The van der Waals surface area contributed by atoms with E-state index < -0.39 is 36.1 Å². The Hall–Kier alpha value is -2.54. The van der Waals surface area contributed by atoms with Gasteiger partial charge in [-0.25, -0.2) is 27.5 Å². The molecule has 0 fully saturated rings. The van der Waals surface area contributed by atoms with Crippen LogP contribution in [0.5, 0.6) is 0 Å². The fourth-order valence-electron chi connectivity index (χ4n) is 2.63. The lowest BCUT2D eigenvalue weighted by Crippen LogP contribution is -2.49. The number of hydrogen-bond acceptors (Lipinski definition) is 7. The normalized spacial score (nSPS) is 14.2. The minimum absolute atomic E-state index is 0.0585. The maximum Gasteiger partial charge on any atom is 0.264 e. The molecule has 10 nitrogen and oxygen atoms in total. The van der Waals surface area contributed by atoms with Crippen LogP contribution in [-0.2, 0) is 31.2 Å². The van der Waals surface area contributed by atoms with Crippen molar-refractivity contribution in [2.45, 2.75) is 29.5 Å². The van der Waals surface area contributed by atoms with Crippen LogP contribution in [0.1, 0.15) is 13.3 Å². The molecule has 2 rings (SSSR count). The molecule has 1 unspecified atom stereocenters. The lowest BCUT2D eigenvalue weighted by molar-refractivity contribution is -0.131. The van der Waals surface area contributed by atoms with Gasteiger partial charge in [0.25, 0.3) is 11.5 Å². The topological polar surface area (TPSA) is 166 Å². The van der Waals surface area contributed by atoms with Gasteiger partial charge in [-0.15, -0.1) is 0 Å². The van der Waals surface area contributed by atoms with Crippen LogP contribution < -0.4 is 16.2 Å². The van der Waals surface area contributed by atoms with Gasteiger partial charge >= 0.3 is 0 Å². The van der Waals surface area contributed by atoms with E-state index in [1.807, 2.05) is 0 Å². The highest BCUT2D eigenvalue weighted by atomic mass is 32.2. The van der Waals surface area contributed by atoms with Crippen LogP contribution in [0, 0.1) is 0 Å². The minimum atomic E-state index is -3.87. The second-order valence-electron chi connectivity index (χ2n) is 6.71. The van der Waals surface area contributed by atoms with Crippen LogP contribution in [0.15, 0.2) is 52.3 Å². The van der Waals surface area contributed by atoms with Gasteiger partial charge in [-0.2, -0.15) is 0 Å². The summed E-state index contributed by atoms with van der Waals surface area (Å²) in [4.78, 5) is 24.2. The highest BCUT2D eigenvalue weighted by Crippen LogP contribution is 2.23. The molecule has 0 aliphatic heterocycles. The molecule has 0 aliphatic carbocycles. The smallest absolute Gasteiger partial charge is 0.264 e. The molecule has 4 N–H and O–H groups in total. The van der Waals surface area contributed by atoms with Crippen molar-refractivity contribution in [2.75, 3.05) is 6.26 Å². The van der Waals surface area contributed by atoms with Gasteiger partial charge in [-0.05, 0) is 42.7 Å². The summed E-state index contributed by atoms with van der Waals surface area (Å²) in [6, 6.07) is 8.55. The number of benzene rings is 1. The number of hydroxylamine groups is 1. The standard InChI is InChI=1S/C17H21N3O7S2/c1-17(16(22)19-23,28(2,24)25)8-10-20-9-7-13(11-15(20)21)12-3-5-14(6-4-12)29(18,26)27/h3-7,9,11,23H,8,10H2,1-2H3,(H,19,22)(H2,18,26,27). The third-order valence-electron chi connectivity index (χ3n) is 4.74. The summed E-state index contributed by atoms with van der Waals surface area (Å²) in [6.07, 6.45) is 2.07. The Labute approximate surface area is 167 Å². The summed E-state index contributed by atoms with van der Waals surface area (Å²) >= 11 is 0. The Bertz CT molecular complexity index is 1190. The Morgan fingerprint density at radius 2 is 1.72 bits per heavy atom. The predicted octanol–water partition coefficient (Wildman–Crippen LogP) is -0.138. The largest absolute Gasteiger partial charge is 0.315 e. The van der Waals surface area contributed by atoms with E-state index >= 15 is 0 Å². The predicted molar refractivity (Wildman–Crippen MR) is 105 cm³/mol. The Kier molecular flexibility index (Phi) is 6.33. The van der Waals surface area contributed by atoms with Crippen LogP contribution in [0.2, 0.25) is 0 Å². The second kappa shape index (κ2) is 8.06. The number of aromatic nitrogens is 1. The van der Waals surface area contributed by atoms with Crippen LogP contribution >= 0.6 is 0 Å². The van der Waals surface area contributed by atoms with E-state index in [-0.39, 0.29) is 17.9 Å². The van der Waals surface area contributed by atoms with Crippen LogP contribution in [0.4, 0.5) is 0 Å². The number of rotatable bonds is 7. The molecular formula is C17H21N3O7S2. The number of hydrogen-bond donors (Lipinski definition) is 3. The van der Waals surface area contributed by atoms with Crippen molar-refractivity contribution in [3.63, 3.8) is 0 Å². The molecule has 0 radical (unpaired) electrons. The highest BCUT2D eigenvalue weighted by molar-refractivity contribution is 7.92. The quantitative estimate of drug-likeness (QED) is 0.396. The average Bonchev–Trinajstić information content (AvgIpc) is 2.64. The molecule has 1 heterocycles. The van der Waals surface area contributed by atoms with Gasteiger partial charge in [-0.1, -0.05) is 12.1 Å². The van der Waals surface area contributed by atoms with E-state index in [0.29, 0.717) is 11.1 Å². The molecule has 12 heteroatoms. The summed E-state index contributed by atoms with van der Waals surface area (Å²) in [7, 11) is -7.70. The number of carbonyl (C=O) groups is 1. The number of aryl methyl sites for hydroxylation is 1. The van der Waals surface area contributed by atoms with Crippen LogP contribution in [-0.4, -0.2) is 43.5 Å². The zero-order chi connectivity index (χ0) is 22.0. The first-order valence-corrected chi connectivity index (χ1v) is 11.7. The van der Waals surface area contributed by atoms with Crippen molar-refractivity contribution in [3.8, 4) is 11.1 Å². The lowest BCUT2D eigenvalue weighted by atomic mass is 10.1. The van der Waals surface area contributed by atoms with E-state index in [1.165, 1.54) is 53.5 Å². The molecule has 1 aromatic heterocycles. The number of primary sulfonamides is 1. The lowest BCUT2D eigenvalue weighted by Gasteiger charge is -2.25. The van der Waals surface area contributed by atoms with Crippen molar-refractivity contribution in [2.24, 2.45) is 5.14 Å². The average molecular weight is 444 g/mol. The SMILES string of the molecule is CC(CCn1ccc(-c2ccc(S(N)(=O)=O)cc2)cc1=O)(C(=O)NO)S(C)(=O)=O. The Balaban J connectivity index is 2.28. The van der Waals surface area contributed by atoms with E-state index in [0.717, 1.165) is 6.26 Å². The number of nitrogens with one attached hydrogen (secondary N) is 1. The summed E-state index contributed by atoms with van der Waals surface area (Å²) in [5, 5.41) is 13.9. The maximum atomic E-state index is 12.4. The molecular weight excluding hydrogens is 422 g/mol. The Morgan fingerprint density at radius 1 is 1.14 bits per heavy atom. The number of pyridine rings is 1. The minimum Gasteiger partial charge on any atom is -0.315 e. The van der Waals surface area contributed by atoms with Gasteiger partial charge in [0.05, 0.1) is 4.90 Å². The molecule has 0 spiro atoms. The molecule has 1 aromatic carbocycles. The Morgan fingerprint density at radius 3 is 2.17 bits per heavy atom. The molecule has 0 aliphatic rings. The van der Waals surface area contributed by atoms with Gasteiger partial charge in [0.15, 0.2) is 14.6 Å². The number of sulfone groups is 1. The molecule has 2 aromatic rings. The van der Waals surface area contributed by atoms with E-state index in [2.05, 4.69) is 0 Å². The molecule has 1 atom stereocenters. The molecule has 1 amide bonds. The fraction of sp³-hybridized carbons (Fsp3) is 0.294.